The Labute approximate surface area is 73.6 Å². The zero-order chi connectivity index (χ0) is 9.56. The van der Waals surface area contributed by atoms with Crippen molar-refractivity contribution in [2.45, 2.75) is 33.3 Å². The first-order chi connectivity index (χ1) is 5.61. The summed E-state index contributed by atoms with van der Waals surface area (Å²) in [6.45, 7) is 5.21. The van der Waals surface area contributed by atoms with Crippen molar-refractivity contribution in [3.8, 4) is 12.3 Å². The van der Waals surface area contributed by atoms with Crippen LogP contribution in [0.2, 0.25) is 0 Å². The van der Waals surface area contributed by atoms with E-state index < -0.39 is 6.10 Å². The second-order valence-corrected chi connectivity index (χ2v) is 2.51. The van der Waals surface area contributed by atoms with Gasteiger partial charge in [-0.1, -0.05) is 18.9 Å². The second kappa shape index (κ2) is 5.42. The van der Waals surface area contributed by atoms with Crippen LogP contribution >= 0.6 is 0 Å². The topological polar surface area (TPSA) is 26.3 Å². The summed E-state index contributed by atoms with van der Waals surface area (Å²) in [5.74, 6) is 2.06. The van der Waals surface area contributed by atoms with Crippen LogP contribution in [0.3, 0.4) is 0 Å². The first kappa shape index (κ1) is 10.8. The highest BCUT2D eigenvalue weighted by atomic mass is 16.5. The Morgan fingerprint density at radius 1 is 1.67 bits per heavy atom. The molecule has 0 fully saturated rings. The summed E-state index contributed by atoms with van der Waals surface area (Å²) in [6, 6.07) is 0. The van der Waals surface area contributed by atoms with E-state index in [0.717, 1.165) is 12.0 Å². The minimum Gasteiger partial charge on any atom is -0.445 e. The number of carbonyl (C=O) groups excluding carboxylic acids is 1. The van der Waals surface area contributed by atoms with Crippen molar-refractivity contribution in [3.63, 3.8) is 0 Å². The van der Waals surface area contributed by atoms with Gasteiger partial charge in [0.05, 0.1) is 0 Å². The van der Waals surface area contributed by atoms with Gasteiger partial charge in [-0.05, 0) is 18.9 Å². The van der Waals surface area contributed by atoms with Gasteiger partial charge in [-0.15, -0.1) is 6.42 Å². The molecule has 12 heavy (non-hydrogen) atoms. The average Bonchev–Trinajstić information content (AvgIpc) is 2.00. The Bertz CT molecular complexity index is 220. The van der Waals surface area contributed by atoms with E-state index in [9.17, 15) is 4.79 Å². The van der Waals surface area contributed by atoms with Gasteiger partial charge in [-0.3, -0.25) is 4.79 Å². The predicted molar refractivity (Wildman–Crippen MR) is 48.4 cm³/mol. The normalized spacial score (nSPS) is 13.3. The summed E-state index contributed by atoms with van der Waals surface area (Å²) < 4.78 is 4.87. The van der Waals surface area contributed by atoms with Crippen LogP contribution in [-0.4, -0.2) is 12.1 Å². The molecule has 0 aromatic heterocycles. The van der Waals surface area contributed by atoms with E-state index in [1.165, 1.54) is 6.92 Å². The van der Waals surface area contributed by atoms with Gasteiger partial charge in [0.25, 0.3) is 0 Å². The number of ether oxygens (including phenoxy) is 1. The van der Waals surface area contributed by atoms with Crippen LogP contribution in [0.1, 0.15) is 27.2 Å². The van der Waals surface area contributed by atoms with E-state index >= 15 is 0 Å². The van der Waals surface area contributed by atoms with Crippen LogP contribution in [0.5, 0.6) is 0 Å². The maximum atomic E-state index is 10.6. The van der Waals surface area contributed by atoms with Crippen molar-refractivity contribution in [3.05, 3.63) is 11.6 Å². The Hall–Kier alpha value is -1.23. The van der Waals surface area contributed by atoms with Gasteiger partial charge in [0.1, 0.15) is 0 Å². The zero-order valence-electron chi connectivity index (χ0n) is 7.76. The lowest BCUT2D eigenvalue weighted by Gasteiger charge is -2.10. The van der Waals surface area contributed by atoms with Crippen LogP contribution in [0.4, 0.5) is 0 Å². The summed E-state index contributed by atoms with van der Waals surface area (Å²) in [7, 11) is 0. The molecule has 0 bridgehead atoms. The quantitative estimate of drug-likeness (QED) is 0.363. The third kappa shape index (κ3) is 3.82. The molecule has 1 atom stereocenters. The molecule has 1 unspecified atom stereocenters. The molecule has 0 rings (SSSR count). The number of carbonyl (C=O) groups is 1. The minimum absolute atomic E-state index is 0.346. The van der Waals surface area contributed by atoms with Gasteiger partial charge in [0, 0.05) is 6.92 Å². The highest BCUT2D eigenvalue weighted by Crippen LogP contribution is 2.06. The summed E-state index contributed by atoms with van der Waals surface area (Å²) in [4.78, 5) is 10.6. The van der Waals surface area contributed by atoms with Gasteiger partial charge < -0.3 is 4.74 Å². The molecule has 0 heterocycles. The fourth-order valence-corrected chi connectivity index (χ4v) is 0.853. The minimum atomic E-state index is -0.498. The maximum absolute atomic E-state index is 10.6. The number of terminal acetylenes is 1. The molecule has 0 amide bonds. The summed E-state index contributed by atoms with van der Waals surface area (Å²) in [5, 5.41) is 0. The third-order valence-electron chi connectivity index (χ3n) is 1.37. The Morgan fingerprint density at radius 2 is 2.25 bits per heavy atom. The number of rotatable bonds is 3. The Kier molecular flexibility index (Phi) is 4.87. The van der Waals surface area contributed by atoms with E-state index in [1.54, 1.807) is 0 Å². The lowest BCUT2D eigenvalue weighted by atomic mass is 10.1. The summed E-state index contributed by atoms with van der Waals surface area (Å²) in [6.07, 6.45) is 7.53. The molecule has 0 spiro atoms. The van der Waals surface area contributed by atoms with Crippen molar-refractivity contribution >= 4 is 5.97 Å². The van der Waals surface area contributed by atoms with Crippen molar-refractivity contribution in [1.82, 2.24) is 0 Å². The van der Waals surface area contributed by atoms with Gasteiger partial charge >= 0.3 is 5.97 Å². The molecule has 2 heteroatoms. The van der Waals surface area contributed by atoms with E-state index in [0.29, 0.717) is 0 Å². The molecule has 0 aliphatic heterocycles. The third-order valence-corrected chi connectivity index (χ3v) is 1.37. The molecule has 0 saturated carbocycles. The molecule has 0 aromatic carbocycles. The van der Waals surface area contributed by atoms with Crippen LogP contribution in [-0.2, 0) is 9.53 Å². The largest absolute Gasteiger partial charge is 0.445 e. The van der Waals surface area contributed by atoms with E-state index in [1.807, 2.05) is 19.9 Å². The molecular weight excluding hydrogens is 152 g/mol. The van der Waals surface area contributed by atoms with Crippen LogP contribution in [0.25, 0.3) is 0 Å². The molecule has 0 N–H and O–H groups in total. The first-order valence-electron chi connectivity index (χ1n) is 3.91. The maximum Gasteiger partial charge on any atom is 0.304 e. The SMILES string of the molecule is C#CC(OC(C)=O)C(C)=CCC. The second-order valence-electron chi connectivity index (χ2n) is 2.51. The van der Waals surface area contributed by atoms with Gasteiger partial charge in [0.2, 0.25) is 0 Å². The van der Waals surface area contributed by atoms with Gasteiger partial charge in [-0.2, -0.15) is 0 Å². The molecule has 0 aliphatic rings. The summed E-state index contributed by atoms with van der Waals surface area (Å²) >= 11 is 0. The standard InChI is InChI=1S/C10H14O2/c1-5-7-8(3)10(6-2)12-9(4)11/h2,7,10H,5H2,1,3-4H3. The molecule has 0 aromatic rings. The van der Waals surface area contributed by atoms with Crippen molar-refractivity contribution < 1.29 is 9.53 Å². The fraction of sp³-hybridized carbons (Fsp3) is 0.500. The predicted octanol–water partition coefficient (Wildman–Crippen LogP) is 1.91. The molecule has 0 saturated heterocycles. The van der Waals surface area contributed by atoms with Crippen molar-refractivity contribution in [1.29, 1.82) is 0 Å². The highest BCUT2D eigenvalue weighted by molar-refractivity contribution is 5.66. The van der Waals surface area contributed by atoms with Crippen molar-refractivity contribution in [2.24, 2.45) is 0 Å². The van der Waals surface area contributed by atoms with Crippen LogP contribution in [0, 0.1) is 12.3 Å². The van der Waals surface area contributed by atoms with E-state index in [-0.39, 0.29) is 5.97 Å². The Morgan fingerprint density at radius 3 is 2.58 bits per heavy atom. The summed E-state index contributed by atoms with van der Waals surface area (Å²) in [5.41, 5.74) is 0.912. The lowest BCUT2D eigenvalue weighted by Crippen LogP contribution is -2.15. The molecule has 0 radical (unpaired) electrons. The highest BCUT2D eigenvalue weighted by Gasteiger charge is 2.08. The van der Waals surface area contributed by atoms with Crippen molar-refractivity contribution in [2.75, 3.05) is 0 Å². The molecule has 2 nitrogen and oxygen atoms in total. The van der Waals surface area contributed by atoms with Crippen LogP contribution < -0.4 is 0 Å². The number of allylic oxidation sites excluding steroid dienone is 1. The van der Waals surface area contributed by atoms with E-state index in [2.05, 4.69) is 5.92 Å². The molecular formula is C10H14O2. The first-order valence-corrected chi connectivity index (χ1v) is 3.91. The van der Waals surface area contributed by atoms with E-state index in [4.69, 9.17) is 11.2 Å². The Balaban J connectivity index is 4.27. The number of esters is 1. The molecule has 0 aliphatic carbocycles. The lowest BCUT2D eigenvalue weighted by molar-refractivity contribution is -0.142. The van der Waals surface area contributed by atoms with Gasteiger partial charge in [0.15, 0.2) is 6.10 Å². The van der Waals surface area contributed by atoms with Crippen LogP contribution in [0.15, 0.2) is 11.6 Å². The zero-order valence-corrected chi connectivity index (χ0v) is 7.76. The number of hydrogen-bond donors (Lipinski definition) is 0. The monoisotopic (exact) mass is 166 g/mol. The smallest absolute Gasteiger partial charge is 0.304 e. The average molecular weight is 166 g/mol. The molecule has 66 valence electrons. The fourth-order valence-electron chi connectivity index (χ4n) is 0.853. The van der Waals surface area contributed by atoms with Gasteiger partial charge in [-0.25, -0.2) is 0 Å². The number of hydrogen-bond acceptors (Lipinski definition) is 2.